The average molecular weight is 229 g/mol. The van der Waals surface area contributed by atoms with Gasteiger partial charge in [0, 0.05) is 19.8 Å². The minimum atomic E-state index is -0.0273. The van der Waals surface area contributed by atoms with E-state index in [1.165, 1.54) is 6.08 Å². The zero-order chi connectivity index (χ0) is 11.6. The highest BCUT2D eigenvalue weighted by Crippen LogP contribution is 2.09. The summed E-state index contributed by atoms with van der Waals surface area (Å²) >= 11 is 0. The molecule has 1 heterocycles. The summed E-state index contributed by atoms with van der Waals surface area (Å²) in [5.74, 6) is 0. The maximum atomic E-state index is 9.83. The van der Waals surface area contributed by atoms with Gasteiger partial charge in [0.15, 0.2) is 0 Å². The second-order valence-electron chi connectivity index (χ2n) is 3.74. The molecule has 92 valence electrons. The van der Waals surface area contributed by atoms with E-state index in [9.17, 15) is 4.79 Å². The number of carbonyl (C=O) groups excluding carboxylic acids is 1. The molecule has 2 atom stereocenters. The Morgan fingerprint density at radius 2 is 2.38 bits per heavy atom. The lowest BCUT2D eigenvalue weighted by Crippen LogP contribution is -2.36. The van der Waals surface area contributed by atoms with E-state index >= 15 is 0 Å². The van der Waals surface area contributed by atoms with Crippen molar-refractivity contribution >= 4 is 6.08 Å². The molecular weight excluding hydrogens is 210 g/mol. The number of isocyanates is 1. The number of hydrogen-bond acceptors (Lipinski definition) is 5. The van der Waals surface area contributed by atoms with Gasteiger partial charge < -0.3 is 14.2 Å². The van der Waals surface area contributed by atoms with Gasteiger partial charge in [0.2, 0.25) is 6.08 Å². The van der Waals surface area contributed by atoms with Crippen molar-refractivity contribution in [2.24, 2.45) is 4.99 Å². The molecule has 1 saturated heterocycles. The summed E-state index contributed by atoms with van der Waals surface area (Å²) in [6, 6.07) is 0. The third-order valence-corrected chi connectivity index (χ3v) is 2.43. The van der Waals surface area contributed by atoms with E-state index in [4.69, 9.17) is 14.2 Å². The second kappa shape index (κ2) is 8.42. The highest BCUT2D eigenvalue weighted by atomic mass is 16.6. The normalized spacial score (nSPS) is 26.6. The minimum absolute atomic E-state index is 0.0273. The van der Waals surface area contributed by atoms with Crippen LogP contribution in [0.5, 0.6) is 0 Å². The smallest absolute Gasteiger partial charge is 0.234 e. The summed E-state index contributed by atoms with van der Waals surface area (Å²) in [7, 11) is 0. The Bertz CT molecular complexity index is 228. The molecule has 1 fully saturated rings. The van der Waals surface area contributed by atoms with Crippen molar-refractivity contribution in [1.29, 1.82) is 0 Å². The first kappa shape index (κ1) is 13.3. The molecule has 0 aromatic heterocycles. The Hall–Kier alpha value is -0.740. The van der Waals surface area contributed by atoms with E-state index in [0.29, 0.717) is 19.8 Å². The predicted octanol–water partition coefficient (Wildman–Crippen LogP) is 0.923. The van der Waals surface area contributed by atoms with Crippen molar-refractivity contribution in [3.63, 3.8) is 0 Å². The molecule has 5 heteroatoms. The SMILES string of the molecule is CC1OCCCOC[C@H]1OCCCN=C=O. The van der Waals surface area contributed by atoms with Gasteiger partial charge >= 0.3 is 0 Å². The van der Waals surface area contributed by atoms with Gasteiger partial charge in [0.25, 0.3) is 0 Å². The van der Waals surface area contributed by atoms with E-state index < -0.39 is 0 Å². The molecule has 16 heavy (non-hydrogen) atoms. The lowest BCUT2D eigenvalue weighted by molar-refractivity contribution is -0.116. The number of ether oxygens (including phenoxy) is 3. The van der Waals surface area contributed by atoms with Gasteiger partial charge in [-0.05, 0) is 19.8 Å². The van der Waals surface area contributed by atoms with E-state index in [1.807, 2.05) is 6.92 Å². The summed E-state index contributed by atoms with van der Waals surface area (Å²) in [6.07, 6.45) is 3.18. The zero-order valence-electron chi connectivity index (χ0n) is 9.68. The van der Waals surface area contributed by atoms with Crippen LogP contribution in [0.15, 0.2) is 4.99 Å². The fourth-order valence-corrected chi connectivity index (χ4v) is 1.48. The summed E-state index contributed by atoms with van der Waals surface area (Å²) in [5, 5.41) is 0. The van der Waals surface area contributed by atoms with Gasteiger partial charge in [-0.15, -0.1) is 0 Å². The van der Waals surface area contributed by atoms with Crippen LogP contribution >= 0.6 is 0 Å². The molecule has 0 spiro atoms. The minimum Gasteiger partial charge on any atom is -0.379 e. The van der Waals surface area contributed by atoms with Crippen LogP contribution in [0, 0.1) is 0 Å². The fourth-order valence-electron chi connectivity index (χ4n) is 1.48. The Morgan fingerprint density at radius 3 is 3.19 bits per heavy atom. The maximum Gasteiger partial charge on any atom is 0.234 e. The maximum absolute atomic E-state index is 9.83. The number of rotatable bonds is 5. The third-order valence-electron chi connectivity index (χ3n) is 2.43. The topological polar surface area (TPSA) is 57.1 Å². The standard InChI is InChI=1S/C11H19NO4/c1-10-11(8-14-5-3-7-15-10)16-6-2-4-12-9-13/h10-11H,2-8H2,1H3/t10?,11-/m1/s1. The summed E-state index contributed by atoms with van der Waals surface area (Å²) < 4.78 is 16.7. The van der Waals surface area contributed by atoms with Crippen molar-refractivity contribution in [2.45, 2.75) is 32.0 Å². The molecule has 0 saturated carbocycles. The molecule has 1 aliphatic heterocycles. The molecule has 0 aromatic rings. The number of hydrogen-bond donors (Lipinski definition) is 0. The first-order valence-corrected chi connectivity index (χ1v) is 5.69. The lowest BCUT2D eigenvalue weighted by atomic mass is 10.2. The third kappa shape index (κ3) is 5.37. The molecule has 0 aromatic carbocycles. The first-order valence-electron chi connectivity index (χ1n) is 5.69. The van der Waals surface area contributed by atoms with Crippen molar-refractivity contribution < 1.29 is 19.0 Å². The molecule has 0 radical (unpaired) electrons. The van der Waals surface area contributed by atoms with Crippen LogP contribution in [0.3, 0.4) is 0 Å². The van der Waals surface area contributed by atoms with E-state index in [2.05, 4.69) is 4.99 Å². The van der Waals surface area contributed by atoms with Crippen molar-refractivity contribution in [1.82, 2.24) is 0 Å². The number of nitrogens with zero attached hydrogens (tertiary/aromatic N) is 1. The highest BCUT2D eigenvalue weighted by Gasteiger charge is 2.20. The van der Waals surface area contributed by atoms with Crippen molar-refractivity contribution in [3.8, 4) is 0 Å². The van der Waals surface area contributed by atoms with Crippen molar-refractivity contribution in [2.75, 3.05) is 33.0 Å². The first-order chi connectivity index (χ1) is 7.84. The molecule has 1 unspecified atom stereocenters. The van der Waals surface area contributed by atoms with E-state index in [1.54, 1.807) is 0 Å². The Balaban J connectivity index is 2.18. The van der Waals surface area contributed by atoms with Crippen LogP contribution < -0.4 is 0 Å². The quantitative estimate of drug-likeness (QED) is 0.399. The van der Waals surface area contributed by atoms with Gasteiger partial charge in [-0.25, -0.2) is 9.79 Å². The van der Waals surface area contributed by atoms with Gasteiger partial charge in [0.05, 0.1) is 19.3 Å². The van der Waals surface area contributed by atoms with E-state index in [0.717, 1.165) is 26.1 Å². The zero-order valence-corrected chi connectivity index (χ0v) is 9.68. The lowest BCUT2D eigenvalue weighted by Gasteiger charge is -2.26. The molecule has 1 aliphatic rings. The van der Waals surface area contributed by atoms with Crippen LogP contribution in [0.25, 0.3) is 0 Å². The van der Waals surface area contributed by atoms with Crippen LogP contribution in [0.4, 0.5) is 0 Å². The van der Waals surface area contributed by atoms with Crippen LogP contribution in [-0.2, 0) is 19.0 Å². The Morgan fingerprint density at radius 1 is 1.50 bits per heavy atom. The van der Waals surface area contributed by atoms with Gasteiger partial charge in [0.1, 0.15) is 6.10 Å². The fraction of sp³-hybridized carbons (Fsp3) is 0.909. The molecule has 1 rings (SSSR count). The van der Waals surface area contributed by atoms with Gasteiger partial charge in [-0.2, -0.15) is 0 Å². The van der Waals surface area contributed by atoms with E-state index in [-0.39, 0.29) is 12.2 Å². The largest absolute Gasteiger partial charge is 0.379 e. The Labute approximate surface area is 95.8 Å². The second-order valence-corrected chi connectivity index (χ2v) is 3.74. The van der Waals surface area contributed by atoms with Gasteiger partial charge in [-0.3, -0.25) is 0 Å². The number of aliphatic imine (C=N–C) groups is 1. The molecule has 0 N–H and O–H groups in total. The van der Waals surface area contributed by atoms with Crippen LogP contribution in [-0.4, -0.2) is 51.3 Å². The highest BCUT2D eigenvalue weighted by molar-refractivity contribution is 5.32. The molecular formula is C11H19NO4. The van der Waals surface area contributed by atoms with Crippen molar-refractivity contribution in [3.05, 3.63) is 0 Å². The van der Waals surface area contributed by atoms with Crippen LogP contribution in [0.1, 0.15) is 19.8 Å². The predicted molar refractivity (Wildman–Crippen MR) is 58.2 cm³/mol. The summed E-state index contributed by atoms with van der Waals surface area (Å²) in [5.41, 5.74) is 0. The van der Waals surface area contributed by atoms with Gasteiger partial charge in [-0.1, -0.05) is 0 Å². The molecule has 0 bridgehead atoms. The monoisotopic (exact) mass is 229 g/mol. The molecule has 0 aliphatic carbocycles. The average Bonchev–Trinajstić information content (AvgIpc) is 2.27. The Kier molecular flexibility index (Phi) is 7.01. The molecule has 0 amide bonds. The summed E-state index contributed by atoms with van der Waals surface area (Å²) in [6.45, 7) is 5.03. The molecule has 5 nitrogen and oxygen atoms in total. The van der Waals surface area contributed by atoms with Crippen LogP contribution in [0.2, 0.25) is 0 Å². The summed E-state index contributed by atoms with van der Waals surface area (Å²) in [4.78, 5) is 13.3.